The lowest BCUT2D eigenvalue weighted by atomic mass is 9.92. The highest BCUT2D eigenvalue weighted by atomic mass is 16.2. The zero-order valence-corrected chi connectivity index (χ0v) is 28.2. The van der Waals surface area contributed by atoms with E-state index in [0.29, 0.717) is 41.4 Å². The predicted octanol–water partition coefficient (Wildman–Crippen LogP) is 5.63. The molecular weight excluding hydrogens is 628 g/mol. The predicted molar refractivity (Wildman–Crippen MR) is 194 cm³/mol. The van der Waals surface area contributed by atoms with Crippen LogP contribution in [0.4, 0.5) is 5.82 Å². The number of aromatic nitrogens is 5. The Bertz CT molecular complexity index is 2280. The first kappa shape index (κ1) is 32.4. The summed E-state index contributed by atoms with van der Waals surface area (Å²) in [6.07, 6.45) is 4.84. The number of nitrogens with zero attached hydrogens (tertiary/aromatic N) is 6. The molecule has 252 valence electrons. The van der Waals surface area contributed by atoms with Gasteiger partial charge in [0.05, 0.1) is 5.69 Å². The number of fused-ring (bicyclic) bond motifs is 1. The van der Waals surface area contributed by atoms with Crippen LogP contribution in [-0.4, -0.2) is 54.0 Å². The number of pyridine rings is 2. The Hall–Kier alpha value is -6.10. The summed E-state index contributed by atoms with van der Waals surface area (Å²) < 4.78 is 3.41. The fourth-order valence-corrected chi connectivity index (χ4v) is 6.92. The van der Waals surface area contributed by atoms with Crippen LogP contribution >= 0.6 is 0 Å². The topological polar surface area (TPSA) is 154 Å². The Morgan fingerprint density at radius 2 is 1.52 bits per heavy atom. The molecular formula is C39H38N8O3. The monoisotopic (exact) mass is 666 g/mol. The maximum absolute atomic E-state index is 13.9. The number of piperidine rings is 1. The van der Waals surface area contributed by atoms with E-state index < -0.39 is 11.5 Å². The van der Waals surface area contributed by atoms with Gasteiger partial charge >= 0.3 is 0 Å². The molecule has 1 aliphatic rings. The van der Waals surface area contributed by atoms with Crippen molar-refractivity contribution in [3.05, 3.63) is 119 Å². The van der Waals surface area contributed by atoms with Gasteiger partial charge in [0, 0.05) is 64.9 Å². The molecule has 6 aromatic rings. The Labute approximate surface area is 289 Å². The molecule has 50 heavy (non-hydrogen) atoms. The van der Waals surface area contributed by atoms with Gasteiger partial charge < -0.3 is 16.4 Å². The van der Waals surface area contributed by atoms with Gasteiger partial charge in [-0.2, -0.15) is 5.10 Å². The summed E-state index contributed by atoms with van der Waals surface area (Å²) in [6.45, 7) is 7.15. The minimum atomic E-state index is -0.811. The third kappa shape index (κ3) is 5.80. The lowest BCUT2D eigenvalue weighted by Gasteiger charge is -2.33. The normalized spacial score (nSPS) is 13.6. The molecule has 11 nitrogen and oxygen atoms in total. The van der Waals surface area contributed by atoms with E-state index >= 15 is 0 Å². The largest absolute Gasteiger partial charge is 0.382 e. The molecule has 1 aliphatic heterocycles. The number of likely N-dealkylation sites (tertiary alicyclic amines) is 1. The molecule has 0 unspecified atom stereocenters. The summed E-state index contributed by atoms with van der Waals surface area (Å²) in [6, 6.07) is 24.6. The van der Waals surface area contributed by atoms with Crippen LogP contribution in [-0.2, 0) is 4.79 Å². The molecule has 4 aromatic heterocycles. The van der Waals surface area contributed by atoms with Crippen LogP contribution in [0.1, 0.15) is 54.4 Å². The van der Waals surface area contributed by atoms with Gasteiger partial charge in [0.25, 0.3) is 11.5 Å². The van der Waals surface area contributed by atoms with Crippen molar-refractivity contribution >= 4 is 23.1 Å². The Morgan fingerprint density at radius 3 is 2.14 bits per heavy atom. The molecule has 1 fully saturated rings. The smallest absolute Gasteiger partial charge is 0.268 e. The molecule has 0 radical (unpaired) electrons. The number of carbonyl (C=O) groups excluding carboxylic acids is 2. The third-order valence-electron chi connectivity index (χ3n) is 9.50. The van der Waals surface area contributed by atoms with Crippen molar-refractivity contribution in [2.45, 2.75) is 39.5 Å². The van der Waals surface area contributed by atoms with Gasteiger partial charge in [-0.25, -0.2) is 9.50 Å². The number of amides is 2. The number of para-hydroxylation sites is 1. The zero-order valence-electron chi connectivity index (χ0n) is 28.2. The van der Waals surface area contributed by atoms with Gasteiger partial charge in [0.15, 0.2) is 5.82 Å². The van der Waals surface area contributed by atoms with Crippen molar-refractivity contribution in [3.63, 3.8) is 0 Å². The molecule has 0 saturated carbocycles. The quantitative estimate of drug-likeness (QED) is 0.224. The molecule has 0 aliphatic carbocycles. The maximum atomic E-state index is 13.9. The maximum Gasteiger partial charge on any atom is 0.268 e. The van der Waals surface area contributed by atoms with Crippen molar-refractivity contribution in [2.75, 3.05) is 18.8 Å². The van der Waals surface area contributed by atoms with Crippen LogP contribution < -0.4 is 17.0 Å². The third-order valence-corrected chi connectivity index (χ3v) is 9.50. The SMILES string of the molecule is Cc1ccc(-c2c(-c3ccc(-c4cc(C5CCN(C(=O)C(C)C)CC5)n5ncnc(N)c45)cc3)cc(C(N)=O)c(=O)n2-c2ccccc2)cn1. The van der Waals surface area contributed by atoms with Gasteiger partial charge in [-0.1, -0.05) is 56.3 Å². The van der Waals surface area contributed by atoms with Crippen molar-refractivity contribution in [1.29, 1.82) is 0 Å². The van der Waals surface area contributed by atoms with Crippen LogP contribution in [0.25, 0.3) is 44.7 Å². The molecule has 0 spiro atoms. The summed E-state index contributed by atoms with van der Waals surface area (Å²) in [4.78, 5) is 49.9. The van der Waals surface area contributed by atoms with Crippen LogP contribution in [0.3, 0.4) is 0 Å². The van der Waals surface area contributed by atoms with E-state index in [0.717, 1.165) is 46.4 Å². The number of aryl methyl sites for hydroxylation is 1. The Morgan fingerprint density at radius 1 is 0.860 bits per heavy atom. The fraction of sp³-hybridized carbons (Fsp3) is 0.231. The van der Waals surface area contributed by atoms with E-state index in [1.165, 1.54) is 10.9 Å². The van der Waals surface area contributed by atoms with E-state index in [2.05, 4.69) is 21.1 Å². The molecule has 5 heterocycles. The van der Waals surface area contributed by atoms with E-state index in [-0.39, 0.29) is 23.3 Å². The summed E-state index contributed by atoms with van der Waals surface area (Å²) in [7, 11) is 0. The number of anilines is 1. The van der Waals surface area contributed by atoms with E-state index in [9.17, 15) is 14.4 Å². The number of rotatable bonds is 7. The molecule has 2 aromatic carbocycles. The first-order valence-corrected chi connectivity index (χ1v) is 16.7. The number of primary amides is 1. The van der Waals surface area contributed by atoms with E-state index in [1.54, 1.807) is 12.3 Å². The van der Waals surface area contributed by atoms with Crippen molar-refractivity contribution in [3.8, 4) is 39.2 Å². The summed E-state index contributed by atoms with van der Waals surface area (Å²) in [5.41, 5.74) is 19.3. The molecule has 0 bridgehead atoms. The number of carbonyl (C=O) groups is 2. The second kappa shape index (κ2) is 13.1. The lowest BCUT2D eigenvalue weighted by molar-refractivity contribution is -0.135. The minimum Gasteiger partial charge on any atom is -0.382 e. The standard InChI is InChI=1S/C39H38N8O3/c1-23(2)38(49)45-17-15-27(16-18-45)33-20-31(35-36(40)43-22-44-47(33)35)26-13-11-25(12-14-26)30-19-32(37(41)48)39(50)46(29-7-5-4-6-8-29)34(30)28-10-9-24(3)42-21-28/h4-14,19-23,27H,15-18H2,1-3H3,(H2,41,48)(H2,40,43,44). The molecule has 11 heteroatoms. The van der Waals surface area contributed by atoms with Gasteiger partial charge in [0.1, 0.15) is 17.4 Å². The molecule has 7 rings (SSSR count). The molecule has 1 saturated heterocycles. The number of benzene rings is 2. The highest BCUT2D eigenvalue weighted by Gasteiger charge is 2.29. The van der Waals surface area contributed by atoms with Crippen molar-refractivity contribution < 1.29 is 9.59 Å². The number of hydrogen-bond donors (Lipinski definition) is 2. The number of nitrogen functional groups attached to an aromatic ring is 1. The second-order valence-corrected chi connectivity index (χ2v) is 13.1. The lowest BCUT2D eigenvalue weighted by Crippen LogP contribution is -2.40. The van der Waals surface area contributed by atoms with Gasteiger partial charge in [-0.15, -0.1) is 0 Å². The first-order chi connectivity index (χ1) is 24.1. The van der Waals surface area contributed by atoms with Gasteiger partial charge in [0.2, 0.25) is 5.91 Å². The molecule has 4 N–H and O–H groups in total. The number of nitrogens with two attached hydrogens (primary N) is 2. The average molecular weight is 667 g/mol. The van der Waals surface area contributed by atoms with Crippen molar-refractivity contribution in [1.82, 2.24) is 29.0 Å². The van der Waals surface area contributed by atoms with Gasteiger partial charge in [-0.3, -0.25) is 23.9 Å². The summed E-state index contributed by atoms with van der Waals surface area (Å²) in [5, 5.41) is 4.60. The highest BCUT2D eigenvalue weighted by Crippen LogP contribution is 2.39. The Balaban J connectivity index is 1.34. The first-order valence-electron chi connectivity index (χ1n) is 16.7. The van der Waals surface area contributed by atoms with E-state index in [1.807, 2.05) is 96.9 Å². The van der Waals surface area contributed by atoms with Gasteiger partial charge in [-0.05, 0) is 67.3 Å². The summed E-state index contributed by atoms with van der Waals surface area (Å²) in [5.74, 6) is -0.101. The minimum absolute atomic E-state index is 0.0309. The average Bonchev–Trinajstić information content (AvgIpc) is 3.53. The highest BCUT2D eigenvalue weighted by molar-refractivity contribution is 5.96. The van der Waals surface area contributed by atoms with Crippen LogP contribution in [0.2, 0.25) is 0 Å². The van der Waals surface area contributed by atoms with Crippen LogP contribution in [0.5, 0.6) is 0 Å². The zero-order chi connectivity index (χ0) is 35.1. The molecule has 0 atom stereocenters. The van der Waals surface area contributed by atoms with E-state index in [4.69, 9.17) is 11.5 Å². The van der Waals surface area contributed by atoms with Crippen LogP contribution in [0.15, 0.2) is 96.2 Å². The number of hydrogen-bond acceptors (Lipinski definition) is 7. The molecule has 2 amide bonds. The Kier molecular flexibility index (Phi) is 8.48. The summed E-state index contributed by atoms with van der Waals surface area (Å²) >= 11 is 0. The fourth-order valence-electron chi connectivity index (χ4n) is 6.92. The van der Waals surface area contributed by atoms with Crippen molar-refractivity contribution in [2.24, 2.45) is 11.7 Å². The van der Waals surface area contributed by atoms with Crippen LogP contribution in [0, 0.1) is 12.8 Å². The second-order valence-electron chi connectivity index (χ2n) is 13.1.